The largest absolute Gasteiger partial charge is 0.339 e. The van der Waals surface area contributed by atoms with Gasteiger partial charge in [-0.2, -0.15) is 16.7 Å². The van der Waals surface area contributed by atoms with Crippen LogP contribution >= 0.6 is 11.8 Å². The highest BCUT2D eigenvalue weighted by molar-refractivity contribution is 7.97. The summed E-state index contributed by atoms with van der Waals surface area (Å²) in [7, 11) is 0. The Labute approximate surface area is 87.8 Å². The van der Waals surface area contributed by atoms with E-state index in [1.165, 1.54) is 12.8 Å². The normalized spacial score (nSPS) is 21.6. The van der Waals surface area contributed by atoms with E-state index in [1.807, 2.05) is 6.26 Å². The molecule has 0 aliphatic carbocycles. The van der Waals surface area contributed by atoms with Gasteiger partial charge in [0.25, 0.3) is 0 Å². The molecule has 1 atom stereocenters. The second-order valence-electron chi connectivity index (χ2n) is 3.53. The minimum Gasteiger partial charge on any atom is -0.339 e. The van der Waals surface area contributed by atoms with Crippen LogP contribution in [0.5, 0.6) is 0 Å². The average Bonchev–Trinajstić information content (AvgIpc) is 2.79. The number of hydrogen-bond donors (Lipinski definition) is 1. The van der Waals surface area contributed by atoms with E-state index in [0.717, 1.165) is 30.4 Å². The zero-order valence-corrected chi connectivity index (χ0v) is 9.14. The molecule has 0 saturated carbocycles. The lowest BCUT2D eigenvalue weighted by atomic mass is 10.2. The maximum absolute atomic E-state index is 5.16. The van der Waals surface area contributed by atoms with Crippen molar-refractivity contribution in [1.82, 2.24) is 15.5 Å². The van der Waals surface area contributed by atoms with Gasteiger partial charge in [0, 0.05) is 12.5 Å². The van der Waals surface area contributed by atoms with Crippen molar-refractivity contribution in [1.29, 1.82) is 0 Å². The highest BCUT2D eigenvalue weighted by atomic mass is 32.2. The van der Waals surface area contributed by atoms with Gasteiger partial charge in [-0.25, -0.2) is 0 Å². The molecule has 78 valence electrons. The molecule has 0 amide bonds. The minimum absolute atomic E-state index is 0.539. The summed E-state index contributed by atoms with van der Waals surface area (Å²) in [6.45, 7) is 1.12. The molecule has 0 bridgehead atoms. The van der Waals surface area contributed by atoms with Crippen LogP contribution in [0, 0.1) is 0 Å². The molecule has 1 unspecified atom stereocenters. The van der Waals surface area contributed by atoms with Gasteiger partial charge in [0.05, 0.1) is 5.75 Å². The molecule has 1 fully saturated rings. The molecule has 1 saturated heterocycles. The lowest BCUT2D eigenvalue weighted by Gasteiger charge is -2.04. The van der Waals surface area contributed by atoms with Crippen molar-refractivity contribution in [3.63, 3.8) is 0 Å². The summed E-state index contributed by atoms with van der Waals surface area (Å²) < 4.78 is 5.16. The second kappa shape index (κ2) is 4.79. The maximum atomic E-state index is 5.16. The summed E-state index contributed by atoms with van der Waals surface area (Å²) >= 11 is 1.71. The fourth-order valence-electron chi connectivity index (χ4n) is 1.70. The number of thioether (sulfide) groups is 1. The van der Waals surface area contributed by atoms with Gasteiger partial charge in [-0.15, -0.1) is 0 Å². The molecule has 2 heterocycles. The third-order valence-electron chi connectivity index (χ3n) is 2.37. The van der Waals surface area contributed by atoms with Crippen molar-refractivity contribution in [2.75, 3.05) is 12.8 Å². The highest BCUT2D eigenvalue weighted by Gasteiger charge is 2.17. The molecule has 0 spiro atoms. The Morgan fingerprint density at radius 3 is 3.29 bits per heavy atom. The van der Waals surface area contributed by atoms with Crippen molar-refractivity contribution in [2.24, 2.45) is 0 Å². The van der Waals surface area contributed by atoms with E-state index in [1.54, 1.807) is 11.8 Å². The summed E-state index contributed by atoms with van der Waals surface area (Å²) in [6.07, 6.45) is 5.40. The Balaban J connectivity index is 1.88. The smallest absolute Gasteiger partial charge is 0.228 e. The second-order valence-corrected chi connectivity index (χ2v) is 4.40. The third kappa shape index (κ3) is 2.48. The standard InChI is InChI=1S/C9H15N3OS/c1-14-6-8-11-9(13-12-8)5-7-3-2-4-10-7/h7,10H,2-6H2,1H3. The fraction of sp³-hybridized carbons (Fsp3) is 0.778. The molecule has 1 aromatic rings. The van der Waals surface area contributed by atoms with Gasteiger partial charge in [0.15, 0.2) is 5.82 Å². The zero-order chi connectivity index (χ0) is 9.80. The lowest BCUT2D eigenvalue weighted by Crippen LogP contribution is -2.23. The zero-order valence-electron chi connectivity index (χ0n) is 8.32. The van der Waals surface area contributed by atoms with Crippen molar-refractivity contribution in [3.05, 3.63) is 11.7 Å². The molecule has 4 nitrogen and oxygen atoms in total. The van der Waals surface area contributed by atoms with E-state index < -0.39 is 0 Å². The summed E-state index contributed by atoms with van der Waals surface area (Å²) in [4.78, 5) is 4.32. The maximum Gasteiger partial charge on any atom is 0.228 e. The summed E-state index contributed by atoms with van der Waals surface area (Å²) in [6, 6.07) is 0.539. The highest BCUT2D eigenvalue weighted by Crippen LogP contribution is 2.12. The van der Waals surface area contributed by atoms with E-state index in [2.05, 4.69) is 15.5 Å². The first kappa shape index (κ1) is 9.98. The summed E-state index contributed by atoms with van der Waals surface area (Å²) in [5, 5.41) is 7.33. The van der Waals surface area contributed by atoms with Crippen LogP contribution in [0.1, 0.15) is 24.6 Å². The Kier molecular flexibility index (Phi) is 3.42. The van der Waals surface area contributed by atoms with Crippen LogP contribution in [0.25, 0.3) is 0 Å². The quantitative estimate of drug-likeness (QED) is 0.815. The van der Waals surface area contributed by atoms with Crippen LogP contribution in [0.15, 0.2) is 4.52 Å². The number of hydrogen-bond acceptors (Lipinski definition) is 5. The molecular formula is C9H15N3OS. The fourth-order valence-corrected chi connectivity index (χ4v) is 2.08. The predicted octanol–water partition coefficient (Wildman–Crippen LogP) is 1.23. The Morgan fingerprint density at radius 2 is 2.57 bits per heavy atom. The van der Waals surface area contributed by atoms with E-state index >= 15 is 0 Å². The van der Waals surface area contributed by atoms with Crippen LogP contribution in [-0.4, -0.2) is 29.0 Å². The average molecular weight is 213 g/mol. The molecular weight excluding hydrogens is 198 g/mol. The topological polar surface area (TPSA) is 51.0 Å². The molecule has 0 aromatic carbocycles. The summed E-state index contributed by atoms with van der Waals surface area (Å²) in [5.41, 5.74) is 0. The van der Waals surface area contributed by atoms with Crippen LogP contribution in [0.4, 0.5) is 0 Å². The van der Waals surface area contributed by atoms with Gasteiger partial charge in [0.2, 0.25) is 5.89 Å². The Bertz CT molecular complexity index is 283. The monoisotopic (exact) mass is 213 g/mol. The molecule has 1 aliphatic rings. The predicted molar refractivity (Wildman–Crippen MR) is 56.2 cm³/mol. The van der Waals surface area contributed by atoms with Gasteiger partial charge in [-0.3, -0.25) is 0 Å². The molecule has 1 aromatic heterocycles. The van der Waals surface area contributed by atoms with Crippen molar-refractivity contribution in [3.8, 4) is 0 Å². The van der Waals surface area contributed by atoms with Crippen LogP contribution < -0.4 is 5.32 Å². The molecule has 2 rings (SSSR count). The first-order valence-electron chi connectivity index (χ1n) is 4.92. The molecule has 0 radical (unpaired) electrons. The third-order valence-corrected chi connectivity index (χ3v) is 2.91. The SMILES string of the molecule is CSCc1noc(CC2CCCN2)n1. The van der Waals surface area contributed by atoms with Crippen LogP contribution in [-0.2, 0) is 12.2 Å². The van der Waals surface area contributed by atoms with Crippen molar-refractivity contribution >= 4 is 11.8 Å². The van der Waals surface area contributed by atoms with E-state index in [4.69, 9.17) is 4.52 Å². The molecule has 5 heteroatoms. The first-order chi connectivity index (χ1) is 6.88. The van der Waals surface area contributed by atoms with Gasteiger partial charge >= 0.3 is 0 Å². The van der Waals surface area contributed by atoms with Crippen molar-refractivity contribution in [2.45, 2.75) is 31.1 Å². The Morgan fingerprint density at radius 1 is 1.64 bits per heavy atom. The van der Waals surface area contributed by atoms with Gasteiger partial charge in [-0.05, 0) is 25.6 Å². The van der Waals surface area contributed by atoms with Crippen LogP contribution in [0.3, 0.4) is 0 Å². The summed E-state index contributed by atoms with van der Waals surface area (Å²) in [5.74, 6) is 2.42. The molecule has 14 heavy (non-hydrogen) atoms. The number of nitrogens with zero attached hydrogens (tertiary/aromatic N) is 2. The van der Waals surface area contributed by atoms with Crippen LogP contribution in [0.2, 0.25) is 0 Å². The van der Waals surface area contributed by atoms with E-state index in [0.29, 0.717) is 6.04 Å². The van der Waals surface area contributed by atoms with Gasteiger partial charge in [-0.1, -0.05) is 5.16 Å². The molecule has 1 N–H and O–H groups in total. The van der Waals surface area contributed by atoms with Crippen molar-refractivity contribution < 1.29 is 4.52 Å². The first-order valence-corrected chi connectivity index (χ1v) is 6.31. The lowest BCUT2D eigenvalue weighted by molar-refractivity contribution is 0.361. The van der Waals surface area contributed by atoms with Gasteiger partial charge in [0.1, 0.15) is 0 Å². The Hall–Kier alpha value is -0.550. The number of rotatable bonds is 4. The van der Waals surface area contributed by atoms with E-state index in [9.17, 15) is 0 Å². The van der Waals surface area contributed by atoms with E-state index in [-0.39, 0.29) is 0 Å². The number of aromatic nitrogens is 2. The van der Waals surface area contributed by atoms with Gasteiger partial charge < -0.3 is 9.84 Å². The minimum atomic E-state index is 0.539. The molecule has 1 aliphatic heterocycles. The number of nitrogens with one attached hydrogen (secondary N) is 1.